The highest BCUT2D eigenvalue weighted by atomic mass is 35.5. The average molecular weight is 256 g/mol. The van der Waals surface area contributed by atoms with Gasteiger partial charge in [-0.25, -0.2) is 9.97 Å². The van der Waals surface area contributed by atoms with E-state index < -0.39 is 5.97 Å². The lowest BCUT2D eigenvalue weighted by atomic mass is 9.94. The molecule has 17 heavy (non-hydrogen) atoms. The molecular formula is C11H14ClN3O2. The van der Waals surface area contributed by atoms with Crippen molar-refractivity contribution >= 4 is 23.4 Å². The van der Waals surface area contributed by atoms with Crippen LogP contribution in [0.1, 0.15) is 19.3 Å². The van der Waals surface area contributed by atoms with E-state index in [-0.39, 0.29) is 12.3 Å². The molecule has 0 amide bonds. The molecule has 5 nitrogen and oxygen atoms in total. The molecule has 0 saturated carbocycles. The molecule has 1 aromatic rings. The van der Waals surface area contributed by atoms with Crippen molar-refractivity contribution in [1.82, 2.24) is 9.97 Å². The minimum atomic E-state index is -0.713. The first kappa shape index (κ1) is 12.1. The molecule has 0 spiro atoms. The van der Waals surface area contributed by atoms with Gasteiger partial charge in [0, 0.05) is 19.5 Å². The van der Waals surface area contributed by atoms with Crippen molar-refractivity contribution in [3.05, 3.63) is 17.5 Å². The van der Waals surface area contributed by atoms with Crippen LogP contribution in [0.2, 0.25) is 5.15 Å². The zero-order valence-electron chi connectivity index (χ0n) is 9.34. The maximum absolute atomic E-state index is 10.6. The fraction of sp³-hybridized carbons (Fsp3) is 0.545. The number of piperidine rings is 1. The number of rotatable bonds is 3. The number of halogens is 1. The topological polar surface area (TPSA) is 66.3 Å². The second-order valence-corrected chi connectivity index (χ2v) is 4.61. The molecule has 0 bridgehead atoms. The van der Waals surface area contributed by atoms with Crippen molar-refractivity contribution in [3.63, 3.8) is 0 Å². The Morgan fingerprint density at radius 3 is 2.65 bits per heavy atom. The number of aromatic nitrogens is 2. The summed E-state index contributed by atoms with van der Waals surface area (Å²) in [6, 6.07) is 0. The Labute approximate surface area is 104 Å². The molecule has 92 valence electrons. The Morgan fingerprint density at radius 2 is 2.12 bits per heavy atom. The average Bonchev–Trinajstić information content (AvgIpc) is 2.30. The Bertz CT molecular complexity index is 388. The third-order valence-electron chi connectivity index (χ3n) is 3.01. The summed E-state index contributed by atoms with van der Waals surface area (Å²) >= 11 is 5.67. The van der Waals surface area contributed by atoms with Gasteiger partial charge in [-0.1, -0.05) is 11.6 Å². The molecule has 2 rings (SSSR count). The number of hydrogen-bond acceptors (Lipinski definition) is 4. The molecule has 6 heteroatoms. The van der Waals surface area contributed by atoms with Gasteiger partial charge < -0.3 is 10.0 Å². The van der Waals surface area contributed by atoms with Gasteiger partial charge in [0.2, 0.25) is 0 Å². The lowest BCUT2D eigenvalue weighted by Crippen LogP contribution is -2.34. The molecule has 0 aromatic carbocycles. The summed E-state index contributed by atoms with van der Waals surface area (Å²) < 4.78 is 0. The predicted molar refractivity (Wildman–Crippen MR) is 64.2 cm³/mol. The van der Waals surface area contributed by atoms with E-state index in [0.29, 0.717) is 5.15 Å². The number of nitrogens with zero attached hydrogens (tertiary/aromatic N) is 3. The lowest BCUT2D eigenvalue weighted by Gasteiger charge is -2.31. The van der Waals surface area contributed by atoms with Crippen LogP contribution in [0.4, 0.5) is 5.82 Å². The Kier molecular flexibility index (Phi) is 3.78. The zero-order chi connectivity index (χ0) is 12.3. The van der Waals surface area contributed by atoms with Crippen LogP contribution >= 0.6 is 11.6 Å². The maximum Gasteiger partial charge on any atom is 0.303 e. The lowest BCUT2D eigenvalue weighted by molar-refractivity contribution is -0.138. The number of anilines is 1. The van der Waals surface area contributed by atoms with Crippen molar-refractivity contribution in [2.24, 2.45) is 5.92 Å². The first-order valence-electron chi connectivity index (χ1n) is 5.59. The van der Waals surface area contributed by atoms with E-state index in [4.69, 9.17) is 16.7 Å². The summed E-state index contributed by atoms with van der Waals surface area (Å²) in [6.07, 6.45) is 5.22. The molecule has 2 heterocycles. The highest BCUT2D eigenvalue weighted by Gasteiger charge is 2.22. The first-order valence-corrected chi connectivity index (χ1v) is 5.97. The van der Waals surface area contributed by atoms with Crippen LogP contribution in [-0.2, 0) is 4.79 Å². The predicted octanol–water partition coefficient (Wildman–Crippen LogP) is 1.82. The minimum absolute atomic E-state index is 0.264. The van der Waals surface area contributed by atoms with Gasteiger partial charge in [-0.05, 0) is 18.8 Å². The molecule has 1 aliphatic rings. The normalized spacial score (nSPS) is 17.1. The first-order chi connectivity index (χ1) is 8.15. The van der Waals surface area contributed by atoms with Gasteiger partial charge in [-0.15, -0.1) is 0 Å². The van der Waals surface area contributed by atoms with Crippen molar-refractivity contribution < 1.29 is 9.90 Å². The number of carbonyl (C=O) groups is 1. The smallest absolute Gasteiger partial charge is 0.303 e. The maximum atomic E-state index is 10.6. The van der Waals surface area contributed by atoms with E-state index in [1.807, 2.05) is 0 Å². The van der Waals surface area contributed by atoms with Gasteiger partial charge in [-0.3, -0.25) is 4.79 Å². The minimum Gasteiger partial charge on any atom is -0.481 e. The van der Waals surface area contributed by atoms with Crippen LogP contribution in [0.5, 0.6) is 0 Å². The third-order valence-corrected chi connectivity index (χ3v) is 3.20. The van der Waals surface area contributed by atoms with Gasteiger partial charge in [0.05, 0.1) is 12.4 Å². The van der Waals surface area contributed by atoms with E-state index in [1.54, 1.807) is 6.20 Å². The third kappa shape index (κ3) is 3.30. The molecule has 1 saturated heterocycles. The van der Waals surface area contributed by atoms with Crippen LogP contribution in [0.15, 0.2) is 12.4 Å². The van der Waals surface area contributed by atoms with Crippen LogP contribution in [-0.4, -0.2) is 34.1 Å². The van der Waals surface area contributed by atoms with Crippen molar-refractivity contribution in [3.8, 4) is 0 Å². The standard InChI is InChI=1S/C11H14ClN3O2/c12-9-6-14-10(7-13-9)15-3-1-8(2-4-15)5-11(16)17/h6-8H,1-5H2,(H,16,17). The summed E-state index contributed by atoms with van der Waals surface area (Å²) in [5.74, 6) is 0.377. The quantitative estimate of drug-likeness (QED) is 0.892. The molecule has 1 N–H and O–H groups in total. The number of carboxylic acids is 1. The highest BCUT2D eigenvalue weighted by Crippen LogP contribution is 2.23. The summed E-state index contributed by atoms with van der Waals surface area (Å²) in [5, 5.41) is 9.11. The van der Waals surface area contributed by atoms with Gasteiger partial charge in [-0.2, -0.15) is 0 Å². The summed E-state index contributed by atoms with van der Waals surface area (Å²) in [7, 11) is 0. The Balaban J connectivity index is 1.90. The largest absolute Gasteiger partial charge is 0.481 e. The van der Waals surface area contributed by atoms with E-state index in [1.165, 1.54) is 6.20 Å². The number of hydrogen-bond donors (Lipinski definition) is 1. The summed E-state index contributed by atoms with van der Waals surface area (Å²) in [5.41, 5.74) is 0. The van der Waals surface area contributed by atoms with E-state index in [9.17, 15) is 4.79 Å². The molecule has 0 aliphatic carbocycles. The summed E-state index contributed by atoms with van der Waals surface area (Å²) in [4.78, 5) is 20.9. The number of carboxylic acid groups (broad SMARTS) is 1. The zero-order valence-corrected chi connectivity index (χ0v) is 10.1. The SMILES string of the molecule is O=C(O)CC1CCN(c2cnc(Cl)cn2)CC1. The fourth-order valence-electron chi connectivity index (χ4n) is 2.08. The second-order valence-electron chi connectivity index (χ2n) is 4.23. The van der Waals surface area contributed by atoms with Crippen LogP contribution in [0, 0.1) is 5.92 Å². The molecular weight excluding hydrogens is 242 g/mol. The Morgan fingerprint density at radius 1 is 1.41 bits per heavy atom. The molecule has 0 radical (unpaired) electrons. The van der Waals surface area contributed by atoms with Crippen molar-refractivity contribution in [2.75, 3.05) is 18.0 Å². The molecule has 0 unspecified atom stereocenters. The number of aliphatic carboxylic acids is 1. The van der Waals surface area contributed by atoms with E-state index in [2.05, 4.69) is 14.9 Å². The fourth-order valence-corrected chi connectivity index (χ4v) is 2.18. The van der Waals surface area contributed by atoms with E-state index >= 15 is 0 Å². The molecule has 0 atom stereocenters. The van der Waals surface area contributed by atoms with Gasteiger partial charge in [0.25, 0.3) is 0 Å². The Hall–Kier alpha value is -1.36. The molecule has 1 aliphatic heterocycles. The molecule has 1 aromatic heterocycles. The van der Waals surface area contributed by atoms with Crippen LogP contribution in [0.3, 0.4) is 0 Å². The van der Waals surface area contributed by atoms with Crippen molar-refractivity contribution in [1.29, 1.82) is 0 Å². The van der Waals surface area contributed by atoms with Gasteiger partial charge in [0.1, 0.15) is 11.0 Å². The highest BCUT2D eigenvalue weighted by molar-refractivity contribution is 6.29. The van der Waals surface area contributed by atoms with Crippen LogP contribution in [0.25, 0.3) is 0 Å². The summed E-state index contributed by atoms with van der Waals surface area (Å²) in [6.45, 7) is 1.66. The monoisotopic (exact) mass is 255 g/mol. The van der Waals surface area contributed by atoms with Crippen molar-refractivity contribution in [2.45, 2.75) is 19.3 Å². The molecule has 1 fully saturated rings. The second kappa shape index (κ2) is 5.31. The van der Waals surface area contributed by atoms with Crippen LogP contribution < -0.4 is 4.90 Å². The van der Waals surface area contributed by atoms with Gasteiger partial charge >= 0.3 is 5.97 Å². The van der Waals surface area contributed by atoms with E-state index in [0.717, 1.165) is 31.7 Å². The van der Waals surface area contributed by atoms with Gasteiger partial charge in [0.15, 0.2) is 0 Å².